The van der Waals surface area contributed by atoms with Gasteiger partial charge in [-0.3, -0.25) is 0 Å². The van der Waals surface area contributed by atoms with Crippen molar-refractivity contribution in [2.75, 3.05) is 6.26 Å². The molecule has 124 valence electrons. The van der Waals surface area contributed by atoms with Crippen molar-refractivity contribution >= 4 is 36.9 Å². The highest BCUT2D eigenvalue weighted by molar-refractivity contribution is 9.10. The molecule has 0 radical (unpaired) electrons. The molecule has 6 heteroatoms. The highest BCUT2D eigenvalue weighted by atomic mass is 79.9. The van der Waals surface area contributed by atoms with Crippen molar-refractivity contribution in [1.29, 1.82) is 0 Å². The van der Waals surface area contributed by atoms with Crippen LogP contribution in [-0.4, -0.2) is 14.7 Å². The van der Waals surface area contributed by atoms with Gasteiger partial charge in [-0.2, -0.15) is 0 Å². The number of benzene rings is 2. The molecule has 0 aliphatic heterocycles. The average Bonchev–Trinajstić information content (AvgIpc) is 2.95. The van der Waals surface area contributed by atoms with Crippen LogP contribution in [-0.2, 0) is 9.84 Å². The maximum absolute atomic E-state index is 14.2. The predicted octanol–water partition coefficient (Wildman–Crippen LogP) is 5.00. The molecule has 1 aliphatic carbocycles. The van der Waals surface area contributed by atoms with E-state index in [1.807, 2.05) is 36.4 Å². The Kier molecular flexibility index (Phi) is 4.44. The summed E-state index contributed by atoms with van der Waals surface area (Å²) in [5.74, 6) is -2.15. The second-order valence-electron chi connectivity index (χ2n) is 5.52. The molecule has 3 rings (SSSR count). The van der Waals surface area contributed by atoms with Crippen LogP contribution in [0.25, 0.3) is 11.1 Å². The van der Waals surface area contributed by atoms with E-state index in [1.54, 1.807) is 0 Å². The van der Waals surface area contributed by atoms with Crippen LogP contribution >= 0.6 is 15.9 Å². The van der Waals surface area contributed by atoms with Gasteiger partial charge in [-0.25, -0.2) is 17.2 Å². The molecule has 0 atom stereocenters. The van der Waals surface area contributed by atoms with Crippen molar-refractivity contribution in [3.05, 3.63) is 75.8 Å². The van der Waals surface area contributed by atoms with Crippen LogP contribution in [0.15, 0.2) is 57.9 Å². The van der Waals surface area contributed by atoms with Gasteiger partial charge in [0.2, 0.25) is 0 Å². The van der Waals surface area contributed by atoms with Gasteiger partial charge in [0.15, 0.2) is 9.84 Å². The summed E-state index contributed by atoms with van der Waals surface area (Å²) in [5.41, 5.74) is 2.81. The number of allylic oxidation sites excluding steroid dienone is 4. The third kappa shape index (κ3) is 3.21. The Bertz CT molecular complexity index is 952. The van der Waals surface area contributed by atoms with Crippen LogP contribution in [0.5, 0.6) is 0 Å². The summed E-state index contributed by atoms with van der Waals surface area (Å²) in [6.45, 7) is 0. The number of hydrogen-bond donors (Lipinski definition) is 0. The number of rotatable bonds is 3. The summed E-state index contributed by atoms with van der Waals surface area (Å²) in [6.07, 6.45) is 5.28. The summed E-state index contributed by atoms with van der Waals surface area (Å²) >= 11 is 3.37. The molecule has 2 aromatic rings. The molecule has 2 nitrogen and oxygen atoms in total. The molecule has 0 saturated carbocycles. The summed E-state index contributed by atoms with van der Waals surface area (Å²) in [6, 6.07) is 9.74. The Morgan fingerprint density at radius 3 is 1.92 bits per heavy atom. The summed E-state index contributed by atoms with van der Waals surface area (Å²) < 4.78 is 52.3. The van der Waals surface area contributed by atoms with Crippen LogP contribution in [0.3, 0.4) is 0 Å². The highest BCUT2D eigenvalue weighted by Crippen LogP contribution is 2.38. The molecular formula is C18H13BrF2O2S. The van der Waals surface area contributed by atoms with Crippen molar-refractivity contribution in [3.8, 4) is 0 Å². The monoisotopic (exact) mass is 410 g/mol. The topological polar surface area (TPSA) is 34.1 Å². The molecule has 0 spiro atoms. The maximum Gasteiger partial charge on any atom is 0.181 e. The minimum Gasteiger partial charge on any atom is -0.224 e. The second-order valence-corrected chi connectivity index (χ2v) is 8.39. The van der Waals surface area contributed by atoms with E-state index in [1.165, 1.54) is 0 Å². The van der Waals surface area contributed by atoms with E-state index in [4.69, 9.17) is 0 Å². The van der Waals surface area contributed by atoms with Crippen molar-refractivity contribution in [2.24, 2.45) is 0 Å². The standard InChI is InChI=1S/C18H13BrF2O2S/c1-24(22,23)18-16(20)9-12(10-17(18)21)15-4-2-3-14(15)11-5-7-13(19)8-6-11/h3-10H,2H2,1H3. The second kappa shape index (κ2) is 6.26. The van der Waals surface area contributed by atoms with Gasteiger partial charge in [0.05, 0.1) is 0 Å². The van der Waals surface area contributed by atoms with E-state index in [-0.39, 0.29) is 0 Å². The van der Waals surface area contributed by atoms with Crippen LogP contribution in [0.1, 0.15) is 17.5 Å². The van der Waals surface area contributed by atoms with Gasteiger partial charge in [-0.1, -0.05) is 40.2 Å². The molecule has 24 heavy (non-hydrogen) atoms. The zero-order chi connectivity index (χ0) is 17.5. The van der Waals surface area contributed by atoms with Crippen molar-refractivity contribution in [3.63, 3.8) is 0 Å². The summed E-state index contributed by atoms with van der Waals surface area (Å²) in [4.78, 5) is -0.890. The molecule has 0 bridgehead atoms. The van der Waals surface area contributed by atoms with Crippen LogP contribution in [0.4, 0.5) is 8.78 Å². The smallest absolute Gasteiger partial charge is 0.181 e. The van der Waals surface area contributed by atoms with Crippen molar-refractivity contribution in [1.82, 2.24) is 0 Å². The Morgan fingerprint density at radius 2 is 1.42 bits per heavy atom. The van der Waals surface area contributed by atoms with Crippen molar-refractivity contribution in [2.45, 2.75) is 11.3 Å². The minimum absolute atomic E-state index is 0.323. The first kappa shape index (κ1) is 17.0. The zero-order valence-electron chi connectivity index (χ0n) is 12.7. The number of halogens is 3. The third-order valence-electron chi connectivity index (χ3n) is 3.77. The molecule has 0 aromatic heterocycles. The van der Waals surface area contributed by atoms with Gasteiger partial charge in [0.1, 0.15) is 16.5 Å². The van der Waals surface area contributed by atoms with Gasteiger partial charge < -0.3 is 0 Å². The van der Waals surface area contributed by atoms with Gasteiger partial charge >= 0.3 is 0 Å². The number of hydrogen-bond acceptors (Lipinski definition) is 2. The van der Waals surface area contributed by atoms with E-state index in [0.717, 1.165) is 34.0 Å². The Labute approximate surface area is 147 Å². The van der Waals surface area contributed by atoms with Crippen LogP contribution in [0, 0.1) is 11.6 Å². The molecule has 0 amide bonds. The first-order valence-electron chi connectivity index (χ1n) is 7.13. The molecule has 0 N–H and O–H groups in total. The lowest BCUT2D eigenvalue weighted by Crippen LogP contribution is -2.05. The number of sulfone groups is 1. The van der Waals surface area contributed by atoms with Crippen molar-refractivity contribution < 1.29 is 17.2 Å². The fourth-order valence-corrected chi connectivity index (χ4v) is 3.85. The fraction of sp³-hybridized carbons (Fsp3) is 0.111. The predicted molar refractivity (Wildman–Crippen MR) is 94.2 cm³/mol. The molecule has 0 unspecified atom stereocenters. The van der Waals surface area contributed by atoms with Gasteiger partial charge in [0, 0.05) is 10.7 Å². The fourth-order valence-electron chi connectivity index (χ4n) is 2.76. The molecule has 2 aromatic carbocycles. The lowest BCUT2D eigenvalue weighted by molar-refractivity contribution is 0.521. The highest BCUT2D eigenvalue weighted by Gasteiger charge is 2.23. The average molecular weight is 411 g/mol. The van der Waals surface area contributed by atoms with E-state index >= 15 is 0 Å². The lowest BCUT2D eigenvalue weighted by atomic mass is 9.95. The first-order chi connectivity index (χ1) is 11.3. The quantitative estimate of drug-likeness (QED) is 0.713. The minimum atomic E-state index is -3.96. The Balaban J connectivity index is 2.07. The third-order valence-corrected chi connectivity index (χ3v) is 5.43. The van der Waals surface area contributed by atoms with Gasteiger partial charge in [-0.15, -0.1) is 0 Å². The molecule has 1 aliphatic rings. The first-order valence-corrected chi connectivity index (χ1v) is 9.82. The zero-order valence-corrected chi connectivity index (χ0v) is 15.1. The van der Waals surface area contributed by atoms with E-state index in [0.29, 0.717) is 17.6 Å². The largest absolute Gasteiger partial charge is 0.224 e. The molecular weight excluding hydrogens is 398 g/mol. The SMILES string of the molecule is CS(=O)(=O)c1c(F)cc(C2=CCC=C2c2ccc(Br)cc2)cc1F. The van der Waals surface area contributed by atoms with E-state index < -0.39 is 26.4 Å². The molecule has 0 saturated heterocycles. The maximum atomic E-state index is 14.2. The summed E-state index contributed by atoms with van der Waals surface area (Å²) in [7, 11) is -3.96. The van der Waals surface area contributed by atoms with E-state index in [9.17, 15) is 17.2 Å². The van der Waals surface area contributed by atoms with Crippen LogP contribution in [0.2, 0.25) is 0 Å². The van der Waals surface area contributed by atoms with E-state index in [2.05, 4.69) is 15.9 Å². The summed E-state index contributed by atoms with van der Waals surface area (Å²) in [5, 5.41) is 0. The lowest BCUT2D eigenvalue weighted by Gasteiger charge is -2.12. The normalized spacial score (nSPS) is 14.5. The molecule has 0 heterocycles. The van der Waals surface area contributed by atoms with Gasteiger partial charge in [0.25, 0.3) is 0 Å². The van der Waals surface area contributed by atoms with Crippen LogP contribution < -0.4 is 0 Å². The van der Waals surface area contributed by atoms with Gasteiger partial charge in [-0.05, 0) is 53.0 Å². The Hall–Kier alpha value is -1.79. The Morgan fingerprint density at radius 1 is 0.917 bits per heavy atom. The molecule has 0 fully saturated rings.